The summed E-state index contributed by atoms with van der Waals surface area (Å²) in [7, 11) is 3.14. The number of aromatic amines is 1. The van der Waals surface area contributed by atoms with Gasteiger partial charge < -0.3 is 14.5 Å². The van der Waals surface area contributed by atoms with Crippen molar-refractivity contribution in [1.29, 1.82) is 0 Å². The largest absolute Gasteiger partial charge is 0.497 e. The van der Waals surface area contributed by atoms with Crippen LogP contribution in [-0.4, -0.2) is 25.2 Å². The van der Waals surface area contributed by atoms with Crippen molar-refractivity contribution in [3.63, 3.8) is 0 Å². The van der Waals surface area contributed by atoms with Crippen molar-refractivity contribution in [3.05, 3.63) is 29.5 Å². The Morgan fingerprint density at radius 1 is 1.24 bits per heavy atom. The molecule has 0 saturated carbocycles. The molecule has 0 saturated heterocycles. The molecule has 21 heavy (non-hydrogen) atoms. The fourth-order valence-corrected chi connectivity index (χ4v) is 3.29. The van der Waals surface area contributed by atoms with Gasteiger partial charge in [-0.3, -0.25) is 4.79 Å². The summed E-state index contributed by atoms with van der Waals surface area (Å²) in [6, 6.07) is 6.02. The lowest BCUT2D eigenvalue weighted by Gasteiger charge is -2.18. The average Bonchev–Trinajstić information content (AvgIpc) is 2.83. The molecular formula is C17H21NO3. The molecule has 0 fully saturated rings. The summed E-state index contributed by atoms with van der Waals surface area (Å²) in [5.41, 5.74) is 3.35. The molecule has 1 unspecified atom stereocenters. The zero-order valence-corrected chi connectivity index (χ0v) is 12.6. The van der Waals surface area contributed by atoms with Crippen LogP contribution < -0.4 is 4.74 Å². The van der Waals surface area contributed by atoms with E-state index in [9.17, 15) is 4.79 Å². The number of nitrogens with one attached hydrogen (secondary N) is 1. The van der Waals surface area contributed by atoms with E-state index in [0.717, 1.165) is 49.1 Å². The van der Waals surface area contributed by atoms with Crippen molar-refractivity contribution in [1.82, 2.24) is 4.98 Å². The van der Waals surface area contributed by atoms with Crippen LogP contribution in [0.25, 0.3) is 10.9 Å². The smallest absolute Gasteiger partial charge is 0.314 e. The summed E-state index contributed by atoms with van der Waals surface area (Å²) < 4.78 is 10.3. The monoisotopic (exact) mass is 287 g/mol. The van der Waals surface area contributed by atoms with Crippen LogP contribution in [0.3, 0.4) is 0 Å². The Morgan fingerprint density at radius 3 is 2.86 bits per heavy atom. The van der Waals surface area contributed by atoms with E-state index in [0.29, 0.717) is 0 Å². The van der Waals surface area contributed by atoms with E-state index >= 15 is 0 Å². The van der Waals surface area contributed by atoms with E-state index in [2.05, 4.69) is 11.1 Å². The molecule has 0 bridgehead atoms. The molecule has 2 aromatic rings. The Bertz CT molecular complexity index is 659. The minimum absolute atomic E-state index is 0.142. The number of aryl methyl sites for hydroxylation is 1. The van der Waals surface area contributed by atoms with Gasteiger partial charge in [-0.2, -0.15) is 0 Å². The van der Waals surface area contributed by atoms with E-state index in [1.54, 1.807) is 7.11 Å². The fraction of sp³-hybridized carbons (Fsp3) is 0.471. The third-order valence-electron chi connectivity index (χ3n) is 4.40. The third-order valence-corrected chi connectivity index (χ3v) is 4.40. The van der Waals surface area contributed by atoms with Crippen molar-refractivity contribution in [2.45, 2.75) is 38.0 Å². The molecule has 112 valence electrons. The Morgan fingerprint density at radius 2 is 2.10 bits per heavy atom. The standard InChI is InChI=1S/C17H21NO3/c1-20-11-8-9-15-14(10-11)12-6-4-3-5-7-13(16(12)18-15)17(19)21-2/h8-10,13,18H,3-7H2,1-2H3. The molecule has 1 aromatic heterocycles. The normalized spacial score (nSPS) is 18.7. The molecule has 0 amide bonds. The molecule has 4 heteroatoms. The zero-order chi connectivity index (χ0) is 14.8. The Kier molecular flexibility index (Phi) is 3.86. The first-order valence-electron chi connectivity index (χ1n) is 7.51. The number of ether oxygens (including phenoxy) is 2. The molecular weight excluding hydrogens is 266 g/mol. The van der Waals surface area contributed by atoms with Crippen LogP contribution in [0, 0.1) is 0 Å². The Hall–Kier alpha value is -1.97. The summed E-state index contributed by atoms with van der Waals surface area (Å²) in [5, 5.41) is 1.17. The topological polar surface area (TPSA) is 51.3 Å². The van der Waals surface area contributed by atoms with Crippen molar-refractivity contribution >= 4 is 16.9 Å². The van der Waals surface area contributed by atoms with Gasteiger partial charge in [-0.05, 0) is 43.0 Å². The van der Waals surface area contributed by atoms with Crippen LogP contribution in [0.1, 0.15) is 42.9 Å². The van der Waals surface area contributed by atoms with Crippen molar-refractivity contribution < 1.29 is 14.3 Å². The number of fused-ring (bicyclic) bond motifs is 3. The molecule has 1 N–H and O–H groups in total. The summed E-state index contributed by atoms with van der Waals surface area (Å²) in [5.74, 6) is 0.529. The molecule has 1 aromatic carbocycles. The number of H-pyrrole nitrogens is 1. The zero-order valence-electron chi connectivity index (χ0n) is 12.6. The van der Waals surface area contributed by atoms with E-state index in [1.807, 2.05) is 12.1 Å². The highest BCUT2D eigenvalue weighted by Crippen LogP contribution is 2.36. The second-order valence-electron chi connectivity index (χ2n) is 5.60. The van der Waals surface area contributed by atoms with Gasteiger partial charge in [-0.1, -0.05) is 12.8 Å². The van der Waals surface area contributed by atoms with Gasteiger partial charge in [0.25, 0.3) is 0 Å². The predicted molar refractivity (Wildman–Crippen MR) is 81.8 cm³/mol. The minimum Gasteiger partial charge on any atom is -0.497 e. The number of methoxy groups -OCH3 is 2. The van der Waals surface area contributed by atoms with E-state index in [4.69, 9.17) is 9.47 Å². The molecule has 1 atom stereocenters. The van der Waals surface area contributed by atoms with Gasteiger partial charge in [-0.15, -0.1) is 0 Å². The third kappa shape index (κ3) is 2.50. The SMILES string of the molecule is COC(=O)C1CCCCCc2c1[nH]c1ccc(OC)cc21. The van der Waals surface area contributed by atoms with Crippen LogP contribution in [0.4, 0.5) is 0 Å². The van der Waals surface area contributed by atoms with E-state index in [1.165, 1.54) is 18.1 Å². The number of aromatic nitrogens is 1. The van der Waals surface area contributed by atoms with Gasteiger partial charge in [0, 0.05) is 16.6 Å². The van der Waals surface area contributed by atoms with Crippen LogP contribution in [0.2, 0.25) is 0 Å². The minimum atomic E-state index is -0.177. The van der Waals surface area contributed by atoms with Gasteiger partial charge in [-0.25, -0.2) is 0 Å². The quantitative estimate of drug-likeness (QED) is 0.859. The molecule has 1 heterocycles. The summed E-state index contributed by atoms with van der Waals surface area (Å²) in [6.07, 6.45) is 5.23. The highest BCUT2D eigenvalue weighted by Gasteiger charge is 2.28. The van der Waals surface area contributed by atoms with Crippen LogP contribution >= 0.6 is 0 Å². The van der Waals surface area contributed by atoms with Gasteiger partial charge in [0.15, 0.2) is 0 Å². The first-order chi connectivity index (χ1) is 10.2. The Balaban J connectivity index is 2.15. The summed E-state index contributed by atoms with van der Waals surface area (Å²) in [6.45, 7) is 0. The van der Waals surface area contributed by atoms with E-state index < -0.39 is 0 Å². The molecule has 1 aliphatic carbocycles. The maximum Gasteiger partial charge on any atom is 0.314 e. The fourth-order valence-electron chi connectivity index (χ4n) is 3.29. The number of rotatable bonds is 2. The first kappa shape index (κ1) is 14.0. The lowest BCUT2D eigenvalue weighted by Crippen LogP contribution is -2.17. The van der Waals surface area contributed by atoms with Crippen LogP contribution in [-0.2, 0) is 16.0 Å². The molecule has 3 rings (SSSR count). The van der Waals surface area contributed by atoms with Gasteiger partial charge in [0.1, 0.15) is 5.75 Å². The molecule has 0 radical (unpaired) electrons. The number of hydrogen-bond acceptors (Lipinski definition) is 3. The highest BCUT2D eigenvalue weighted by molar-refractivity contribution is 5.89. The second kappa shape index (κ2) is 5.80. The molecule has 4 nitrogen and oxygen atoms in total. The van der Waals surface area contributed by atoms with Crippen LogP contribution in [0.15, 0.2) is 18.2 Å². The lowest BCUT2D eigenvalue weighted by atomic mass is 9.89. The van der Waals surface area contributed by atoms with Gasteiger partial charge in [0.05, 0.1) is 20.1 Å². The summed E-state index contributed by atoms with van der Waals surface area (Å²) in [4.78, 5) is 15.6. The molecule has 1 aliphatic rings. The molecule has 0 aliphatic heterocycles. The van der Waals surface area contributed by atoms with Crippen LogP contribution in [0.5, 0.6) is 5.75 Å². The number of hydrogen-bond donors (Lipinski definition) is 1. The van der Waals surface area contributed by atoms with Crippen molar-refractivity contribution in [2.75, 3.05) is 14.2 Å². The first-order valence-corrected chi connectivity index (χ1v) is 7.51. The van der Waals surface area contributed by atoms with Gasteiger partial charge >= 0.3 is 5.97 Å². The number of benzene rings is 1. The highest BCUT2D eigenvalue weighted by atomic mass is 16.5. The van der Waals surface area contributed by atoms with E-state index in [-0.39, 0.29) is 11.9 Å². The number of carbonyl (C=O) groups excluding carboxylic acids is 1. The molecule has 0 spiro atoms. The average molecular weight is 287 g/mol. The van der Waals surface area contributed by atoms with Crippen molar-refractivity contribution in [2.24, 2.45) is 0 Å². The van der Waals surface area contributed by atoms with Crippen molar-refractivity contribution in [3.8, 4) is 5.75 Å². The lowest BCUT2D eigenvalue weighted by molar-refractivity contribution is -0.142. The second-order valence-corrected chi connectivity index (χ2v) is 5.60. The number of esters is 1. The maximum absolute atomic E-state index is 12.1. The van der Waals surface area contributed by atoms with Gasteiger partial charge in [0.2, 0.25) is 0 Å². The number of carbonyl (C=O) groups is 1. The maximum atomic E-state index is 12.1. The Labute approximate surface area is 124 Å². The predicted octanol–water partition coefficient (Wildman–Crippen LogP) is 3.55. The summed E-state index contributed by atoms with van der Waals surface area (Å²) >= 11 is 0.